The Kier molecular flexibility index (Phi) is 5.06. The topological polar surface area (TPSA) is 75.9 Å². The molecule has 1 saturated heterocycles. The SMILES string of the molecule is Cc1ccc(C(=O)N[C@@H]2CCN(C(C)c3nnnn3C)C2)c(Cl)c1C. The summed E-state index contributed by atoms with van der Waals surface area (Å²) in [5.41, 5.74) is 2.57. The van der Waals surface area contributed by atoms with E-state index in [1.54, 1.807) is 10.7 Å². The van der Waals surface area contributed by atoms with E-state index in [9.17, 15) is 4.79 Å². The maximum absolute atomic E-state index is 12.6. The quantitative estimate of drug-likeness (QED) is 0.900. The summed E-state index contributed by atoms with van der Waals surface area (Å²) in [7, 11) is 1.84. The van der Waals surface area contributed by atoms with Crippen LogP contribution in [-0.4, -0.2) is 50.1 Å². The van der Waals surface area contributed by atoms with Crippen LogP contribution in [0, 0.1) is 13.8 Å². The van der Waals surface area contributed by atoms with Gasteiger partial charge in [-0.25, -0.2) is 4.68 Å². The van der Waals surface area contributed by atoms with Gasteiger partial charge in [0.15, 0.2) is 5.82 Å². The maximum atomic E-state index is 12.6. The number of hydrogen-bond acceptors (Lipinski definition) is 5. The van der Waals surface area contributed by atoms with Crippen molar-refractivity contribution in [1.82, 2.24) is 30.4 Å². The highest BCUT2D eigenvalue weighted by atomic mass is 35.5. The van der Waals surface area contributed by atoms with Gasteiger partial charge in [0, 0.05) is 26.2 Å². The number of hydrogen-bond donors (Lipinski definition) is 1. The first-order valence-electron chi connectivity index (χ1n) is 8.41. The molecule has 0 bridgehead atoms. The molecule has 8 heteroatoms. The van der Waals surface area contributed by atoms with Gasteiger partial charge in [0.2, 0.25) is 0 Å². The van der Waals surface area contributed by atoms with Crippen molar-refractivity contribution >= 4 is 17.5 Å². The third-order valence-electron chi connectivity index (χ3n) is 5.03. The van der Waals surface area contributed by atoms with Crippen LogP contribution in [0.4, 0.5) is 0 Å². The molecule has 1 aromatic heterocycles. The van der Waals surface area contributed by atoms with Crippen molar-refractivity contribution in [2.75, 3.05) is 13.1 Å². The minimum atomic E-state index is -0.118. The van der Waals surface area contributed by atoms with E-state index in [2.05, 4.69) is 32.7 Å². The van der Waals surface area contributed by atoms with Crippen LogP contribution in [0.3, 0.4) is 0 Å². The number of rotatable bonds is 4. The van der Waals surface area contributed by atoms with Gasteiger partial charge < -0.3 is 5.32 Å². The minimum absolute atomic E-state index is 0.0915. The van der Waals surface area contributed by atoms with Crippen molar-refractivity contribution in [2.24, 2.45) is 7.05 Å². The largest absolute Gasteiger partial charge is 0.348 e. The normalized spacial score (nSPS) is 19.2. The molecule has 0 spiro atoms. The number of likely N-dealkylation sites (tertiary alicyclic amines) is 1. The Balaban J connectivity index is 1.64. The van der Waals surface area contributed by atoms with Crippen LogP contribution in [-0.2, 0) is 7.05 Å². The zero-order valence-electron chi connectivity index (χ0n) is 15.0. The van der Waals surface area contributed by atoms with E-state index in [0.29, 0.717) is 10.6 Å². The third-order valence-corrected chi connectivity index (χ3v) is 5.52. The lowest BCUT2D eigenvalue weighted by atomic mass is 10.1. The summed E-state index contributed by atoms with van der Waals surface area (Å²) in [6, 6.07) is 3.92. The lowest BCUT2D eigenvalue weighted by Crippen LogP contribution is -2.38. The Bertz CT molecular complexity index is 789. The van der Waals surface area contributed by atoms with Gasteiger partial charge in [0.1, 0.15) is 0 Å². The second-order valence-electron chi connectivity index (χ2n) is 6.66. The number of tetrazole rings is 1. The fraction of sp³-hybridized carbons (Fsp3) is 0.529. The second kappa shape index (κ2) is 7.09. The molecule has 1 aliphatic heterocycles. The zero-order chi connectivity index (χ0) is 18.1. The molecule has 25 heavy (non-hydrogen) atoms. The number of aryl methyl sites for hydroxylation is 2. The number of nitrogens with one attached hydrogen (secondary N) is 1. The summed E-state index contributed by atoms with van der Waals surface area (Å²) in [6.45, 7) is 7.65. The fourth-order valence-electron chi connectivity index (χ4n) is 3.23. The van der Waals surface area contributed by atoms with Crippen molar-refractivity contribution in [1.29, 1.82) is 0 Å². The number of benzene rings is 1. The molecule has 7 nitrogen and oxygen atoms in total. The number of halogens is 1. The van der Waals surface area contributed by atoms with Gasteiger partial charge >= 0.3 is 0 Å². The molecule has 134 valence electrons. The molecule has 2 aromatic rings. The molecule has 2 heterocycles. The molecule has 1 aromatic carbocycles. The van der Waals surface area contributed by atoms with Gasteiger partial charge in [-0.1, -0.05) is 17.7 Å². The van der Waals surface area contributed by atoms with Crippen LogP contribution in [0.15, 0.2) is 12.1 Å². The van der Waals surface area contributed by atoms with Gasteiger partial charge in [-0.3, -0.25) is 9.69 Å². The predicted molar refractivity (Wildman–Crippen MR) is 95.6 cm³/mol. The zero-order valence-corrected chi connectivity index (χ0v) is 15.7. The van der Waals surface area contributed by atoms with E-state index < -0.39 is 0 Å². The van der Waals surface area contributed by atoms with Gasteiger partial charge in [0.05, 0.1) is 16.6 Å². The number of aromatic nitrogens is 4. The average Bonchev–Trinajstić information content (AvgIpc) is 3.21. The van der Waals surface area contributed by atoms with Crippen molar-refractivity contribution in [3.63, 3.8) is 0 Å². The van der Waals surface area contributed by atoms with E-state index in [1.165, 1.54) is 0 Å². The number of carbonyl (C=O) groups excluding carboxylic acids is 1. The lowest BCUT2D eigenvalue weighted by Gasteiger charge is -2.23. The average molecular weight is 363 g/mol. The summed E-state index contributed by atoms with van der Waals surface area (Å²) in [4.78, 5) is 14.9. The highest BCUT2D eigenvalue weighted by molar-refractivity contribution is 6.34. The molecule has 1 unspecified atom stereocenters. The Hall–Kier alpha value is -1.99. The maximum Gasteiger partial charge on any atom is 0.253 e. The van der Waals surface area contributed by atoms with Crippen LogP contribution in [0.2, 0.25) is 5.02 Å². The van der Waals surface area contributed by atoms with Gasteiger partial charge in [-0.2, -0.15) is 0 Å². The molecule has 1 aliphatic rings. The lowest BCUT2D eigenvalue weighted by molar-refractivity contribution is 0.0936. The molecule has 1 N–H and O–H groups in total. The van der Waals surface area contributed by atoms with Crippen LogP contribution in [0.25, 0.3) is 0 Å². The highest BCUT2D eigenvalue weighted by Gasteiger charge is 2.30. The smallest absolute Gasteiger partial charge is 0.253 e. The first-order chi connectivity index (χ1) is 11.9. The molecular weight excluding hydrogens is 340 g/mol. The predicted octanol–water partition coefficient (Wildman–Crippen LogP) is 2.05. The van der Waals surface area contributed by atoms with Crippen molar-refractivity contribution in [3.8, 4) is 0 Å². The first-order valence-corrected chi connectivity index (χ1v) is 8.79. The van der Waals surface area contributed by atoms with E-state index in [0.717, 1.165) is 36.5 Å². The van der Waals surface area contributed by atoms with Gasteiger partial charge in [0.25, 0.3) is 5.91 Å². The highest BCUT2D eigenvalue weighted by Crippen LogP contribution is 2.25. The molecule has 0 saturated carbocycles. The summed E-state index contributed by atoms with van der Waals surface area (Å²) < 4.78 is 1.69. The standard InChI is InChI=1S/C17H23ClN6O/c1-10-5-6-14(15(18)11(10)2)17(25)19-13-7-8-24(9-13)12(3)16-20-21-22-23(16)4/h5-6,12-13H,7-9H2,1-4H3,(H,19,25)/t12?,13-/m1/s1. The van der Waals surface area contributed by atoms with Crippen molar-refractivity contribution < 1.29 is 4.79 Å². The molecular formula is C17H23ClN6O. The van der Waals surface area contributed by atoms with Gasteiger partial charge in [-0.15, -0.1) is 5.10 Å². The second-order valence-corrected chi connectivity index (χ2v) is 7.04. The van der Waals surface area contributed by atoms with E-state index in [-0.39, 0.29) is 18.0 Å². The number of nitrogens with zero attached hydrogens (tertiary/aromatic N) is 5. The van der Waals surface area contributed by atoms with Crippen LogP contribution >= 0.6 is 11.6 Å². The number of carbonyl (C=O) groups is 1. The van der Waals surface area contributed by atoms with Crippen LogP contribution in [0.5, 0.6) is 0 Å². The Labute approximate surface area is 152 Å². The number of amides is 1. The Morgan fingerprint density at radius 3 is 2.84 bits per heavy atom. The Morgan fingerprint density at radius 1 is 1.40 bits per heavy atom. The fourth-order valence-corrected chi connectivity index (χ4v) is 3.53. The van der Waals surface area contributed by atoms with Crippen LogP contribution < -0.4 is 5.32 Å². The summed E-state index contributed by atoms with van der Waals surface area (Å²) in [6.07, 6.45) is 0.893. The summed E-state index contributed by atoms with van der Waals surface area (Å²) in [5, 5.41) is 15.3. The molecule has 3 rings (SSSR count). The molecule has 1 amide bonds. The minimum Gasteiger partial charge on any atom is -0.348 e. The monoisotopic (exact) mass is 362 g/mol. The molecule has 0 radical (unpaired) electrons. The van der Waals surface area contributed by atoms with E-state index >= 15 is 0 Å². The summed E-state index contributed by atoms with van der Waals surface area (Å²) >= 11 is 6.35. The third kappa shape index (κ3) is 3.52. The Morgan fingerprint density at radius 2 is 2.16 bits per heavy atom. The first kappa shape index (κ1) is 17.8. The van der Waals surface area contributed by atoms with Crippen molar-refractivity contribution in [2.45, 2.75) is 39.3 Å². The molecule has 1 fully saturated rings. The molecule has 0 aliphatic carbocycles. The van der Waals surface area contributed by atoms with Gasteiger partial charge in [-0.05, 0) is 54.8 Å². The van der Waals surface area contributed by atoms with Crippen molar-refractivity contribution in [3.05, 3.63) is 39.7 Å². The molecule has 2 atom stereocenters. The summed E-state index contributed by atoms with van der Waals surface area (Å²) in [5.74, 6) is 0.706. The van der Waals surface area contributed by atoms with Crippen LogP contribution in [0.1, 0.15) is 46.7 Å². The van der Waals surface area contributed by atoms with E-state index in [4.69, 9.17) is 11.6 Å². The van der Waals surface area contributed by atoms with E-state index in [1.807, 2.05) is 27.0 Å².